The average molecular weight is 248 g/mol. The van der Waals surface area contributed by atoms with Crippen LogP contribution in [0.1, 0.15) is 26.7 Å². The van der Waals surface area contributed by atoms with E-state index in [4.69, 9.17) is 15.2 Å². The Hall–Kier alpha value is -1.42. The summed E-state index contributed by atoms with van der Waals surface area (Å²) in [6.45, 7) is 5.75. The molecule has 0 bridgehead atoms. The molecule has 2 aliphatic rings. The molecule has 0 spiro atoms. The van der Waals surface area contributed by atoms with Crippen LogP contribution < -0.4 is 20.1 Å². The van der Waals surface area contributed by atoms with Crippen molar-refractivity contribution >= 4 is 5.69 Å². The van der Waals surface area contributed by atoms with E-state index < -0.39 is 0 Å². The second kappa shape index (κ2) is 4.05. The van der Waals surface area contributed by atoms with Crippen LogP contribution in [0.15, 0.2) is 18.2 Å². The topological polar surface area (TPSA) is 47.7 Å². The van der Waals surface area contributed by atoms with Gasteiger partial charge in [-0.2, -0.15) is 0 Å². The van der Waals surface area contributed by atoms with Crippen LogP contribution in [0.3, 0.4) is 0 Å². The smallest absolute Gasteiger partial charge is 0.231 e. The minimum atomic E-state index is 0.142. The maximum absolute atomic E-state index is 6.10. The summed E-state index contributed by atoms with van der Waals surface area (Å²) in [4.78, 5) is 2.38. The number of ether oxygens (including phenoxy) is 2. The normalized spacial score (nSPS) is 25.3. The second-order valence-corrected chi connectivity index (χ2v) is 5.76. The molecular formula is C14H20N2O2. The van der Waals surface area contributed by atoms with Crippen molar-refractivity contribution in [2.24, 2.45) is 5.73 Å². The number of piperidine rings is 1. The van der Waals surface area contributed by atoms with Crippen molar-refractivity contribution < 1.29 is 9.47 Å². The van der Waals surface area contributed by atoms with Gasteiger partial charge in [0.1, 0.15) is 0 Å². The second-order valence-electron chi connectivity index (χ2n) is 5.76. The van der Waals surface area contributed by atoms with Crippen molar-refractivity contribution in [1.29, 1.82) is 0 Å². The molecule has 1 unspecified atom stereocenters. The summed E-state index contributed by atoms with van der Waals surface area (Å²) in [5.41, 5.74) is 7.41. The Morgan fingerprint density at radius 2 is 2.06 bits per heavy atom. The first-order valence-electron chi connectivity index (χ1n) is 6.49. The van der Waals surface area contributed by atoms with Crippen LogP contribution in [0.2, 0.25) is 0 Å². The Bertz CT molecular complexity index is 459. The molecule has 1 fully saturated rings. The van der Waals surface area contributed by atoms with Gasteiger partial charge in [0.25, 0.3) is 0 Å². The van der Waals surface area contributed by atoms with E-state index in [0.717, 1.165) is 30.9 Å². The van der Waals surface area contributed by atoms with E-state index in [9.17, 15) is 0 Å². The van der Waals surface area contributed by atoms with Crippen LogP contribution >= 0.6 is 0 Å². The predicted molar refractivity (Wildman–Crippen MR) is 71.2 cm³/mol. The van der Waals surface area contributed by atoms with Crippen LogP contribution in [-0.4, -0.2) is 24.9 Å². The Morgan fingerprint density at radius 3 is 2.89 bits per heavy atom. The molecule has 2 heterocycles. The Labute approximate surface area is 108 Å². The van der Waals surface area contributed by atoms with Crippen molar-refractivity contribution in [2.45, 2.75) is 38.3 Å². The molecule has 1 aromatic rings. The van der Waals surface area contributed by atoms with Gasteiger partial charge < -0.3 is 20.1 Å². The van der Waals surface area contributed by atoms with Crippen molar-refractivity contribution in [3.05, 3.63) is 18.2 Å². The van der Waals surface area contributed by atoms with Gasteiger partial charge in [0.2, 0.25) is 6.79 Å². The van der Waals surface area contributed by atoms with Crippen molar-refractivity contribution in [1.82, 2.24) is 0 Å². The first kappa shape index (κ1) is 11.7. The van der Waals surface area contributed by atoms with Crippen LogP contribution in [0.5, 0.6) is 11.5 Å². The van der Waals surface area contributed by atoms with Gasteiger partial charge in [-0.3, -0.25) is 0 Å². The molecule has 1 aromatic carbocycles. The van der Waals surface area contributed by atoms with Gasteiger partial charge in [0, 0.05) is 29.9 Å². The van der Waals surface area contributed by atoms with Gasteiger partial charge in [-0.15, -0.1) is 0 Å². The minimum absolute atomic E-state index is 0.142. The van der Waals surface area contributed by atoms with Crippen LogP contribution in [0, 0.1) is 0 Å². The molecule has 1 atom stereocenters. The lowest BCUT2D eigenvalue weighted by molar-refractivity contribution is 0.174. The predicted octanol–water partition coefficient (Wildman–Crippen LogP) is 2.12. The summed E-state index contributed by atoms with van der Waals surface area (Å²) in [6, 6.07) is 6.38. The molecule has 0 aliphatic carbocycles. The van der Waals surface area contributed by atoms with E-state index in [0.29, 0.717) is 6.79 Å². The highest BCUT2D eigenvalue weighted by molar-refractivity contribution is 5.58. The number of anilines is 1. The van der Waals surface area contributed by atoms with Gasteiger partial charge in [0.05, 0.1) is 0 Å². The summed E-state index contributed by atoms with van der Waals surface area (Å²) in [6.07, 6.45) is 2.21. The zero-order valence-electron chi connectivity index (χ0n) is 11.0. The van der Waals surface area contributed by atoms with Gasteiger partial charge in [-0.05, 0) is 38.8 Å². The van der Waals surface area contributed by atoms with E-state index >= 15 is 0 Å². The van der Waals surface area contributed by atoms with E-state index in [2.05, 4.69) is 30.9 Å². The molecule has 4 heteroatoms. The molecule has 0 saturated carbocycles. The maximum atomic E-state index is 6.10. The summed E-state index contributed by atoms with van der Waals surface area (Å²) < 4.78 is 10.8. The third-order valence-corrected chi connectivity index (χ3v) is 3.94. The summed E-state index contributed by atoms with van der Waals surface area (Å²) in [7, 11) is 0. The van der Waals surface area contributed by atoms with Gasteiger partial charge >= 0.3 is 0 Å². The lowest BCUT2D eigenvalue weighted by Crippen LogP contribution is -2.54. The first-order chi connectivity index (χ1) is 8.56. The summed E-state index contributed by atoms with van der Waals surface area (Å²) in [5.74, 6) is 1.67. The third kappa shape index (κ3) is 1.90. The van der Waals surface area contributed by atoms with E-state index in [1.165, 1.54) is 5.69 Å². The zero-order chi connectivity index (χ0) is 12.8. The SMILES string of the molecule is CC1(C)CCC(N)CN1c1ccc2c(c1)OCO2. The third-order valence-electron chi connectivity index (χ3n) is 3.94. The van der Waals surface area contributed by atoms with Crippen LogP contribution in [0.4, 0.5) is 5.69 Å². The standard InChI is InChI=1S/C14H20N2O2/c1-14(2)6-5-10(15)8-16(14)11-3-4-12-13(7-11)18-9-17-12/h3-4,7,10H,5-6,8-9,15H2,1-2H3. The van der Waals surface area contributed by atoms with E-state index in [-0.39, 0.29) is 11.6 Å². The van der Waals surface area contributed by atoms with E-state index in [1.54, 1.807) is 0 Å². The minimum Gasteiger partial charge on any atom is -0.454 e. The number of benzene rings is 1. The highest BCUT2D eigenvalue weighted by Gasteiger charge is 2.33. The van der Waals surface area contributed by atoms with Crippen LogP contribution in [-0.2, 0) is 0 Å². The van der Waals surface area contributed by atoms with E-state index in [1.807, 2.05) is 6.07 Å². The average Bonchev–Trinajstić information content (AvgIpc) is 2.79. The number of nitrogens with two attached hydrogens (primary N) is 1. The lowest BCUT2D eigenvalue weighted by atomic mass is 9.88. The summed E-state index contributed by atoms with van der Waals surface area (Å²) in [5, 5.41) is 0. The summed E-state index contributed by atoms with van der Waals surface area (Å²) >= 11 is 0. The van der Waals surface area contributed by atoms with Crippen molar-refractivity contribution in [3.8, 4) is 11.5 Å². The molecule has 2 N–H and O–H groups in total. The highest BCUT2D eigenvalue weighted by atomic mass is 16.7. The fraction of sp³-hybridized carbons (Fsp3) is 0.571. The monoisotopic (exact) mass is 248 g/mol. The number of rotatable bonds is 1. The molecule has 0 aromatic heterocycles. The molecule has 18 heavy (non-hydrogen) atoms. The number of nitrogens with zero attached hydrogens (tertiary/aromatic N) is 1. The lowest BCUT2D eigenvalue weighted by Gasteiger charge is -2.46. The van der Waals surface area contributed by atoms with Gasteiger partial charge in [-0.1, -0.05) is 0 Å². The molecule has 3 rings (SSSR count). The largest absolute Gasteiger partial charge is 0.454 e. The quantitative estimate of drug-likeness (QED) is 0.827. The molecule has 2 aliphatic heterocycles. The van der Waals surface area contributed by atoms with Crippen molar-refractivity contribution in [2.75, 3.05) is 18.2 Å². The zero-order valence-corrected chi connectivity index (χ0v) is 11.0. The van der Waals surface area contributed by atoms with Crippen LogP contribution in [0.25, 0.3) is 0 Å². The molecule has 98 valence electrons. The number of hydrogen-bond donors (Lipinski definition) is 1. The fourth-order valence-corrected chi connectivity index (χ4v) is 2.75. The molecular weight excluding hydrogens is 228 g/mol. The van der Waals surface area contributed by atoms with Crippen molar-refractivity contribution in [3.63, 3.8) is 0 Å². The Morgan fingerprint density at radius 1 is 1.28 bits per heavy atom. The molecule has 0 amide bonds. The first-order valence-corrected chi connectivity index (χ1v) is 6.49. The fourth-order valence-electron chi connectivity index (χ4n) is 2.75. The molecule has 1 saturated heterocycles. The Kier molecular flexibility index (Phi) is 2.63. The number of hydrogen-bond acceptors (Lipinski definition) is 4. The highest BCUT2D eigenvalue weighted by Crippen LogP contribution is 2.39. The Balaban J connectivity index is 1.93. The van der Waals surface area contributed by atoms with Gasteiger partial charge in [0.15, 0.2) is 11.5 Å². The van der Waals surface area contributed by atoms with Gasteiger partial charge in [-0.25, -0.2) is 0 Å². The number of fused-ring (bicyclic) bond motifs is 1. The molecule has 4 nitrogen and oxygen atoms in total. The maximum Gasteiger partial charge on any atom is 0.231 e. The molecule has 0 radical (unpaired) electrons.